The van der Waals surface area contributed by atoms with Gasteiger partial charge in [-0.1, -0.05) is 64.1 Å². The van der Waals surface area contributed by atoms with E-state index >= 15 is 0 Å². The standard InChI is InChI=1S/C21H15Cl5N2O3S/c1-32(30,31)28(11-14-15(22)3-2-4-16(14)23)13-7-5-12(6-8-13)21(29)27-20-10-18(25)17(24)9-19(20)26/h2-10H,11H2,1H3,(H,27,29). The Kier molecular flexibility index (Phi) is 7.86. The van der Waals surface area contributed by atoms with Gasteiger partial charge in [0.1, 0.15) is 0 Å². The predicted molar refractivity (Wildman–Crippen MR) is 133 cm³/mol. The van der Waals surface area contributed by atoms with Crippen molar-refractivity contribution < 1.29 is 13.2 Å². The summed E-state index contributed by atoms with van der Waals surface area (Å²) in [5.41, 5.74) is 1.38. The molecule has 3 aromatic carbocycles. The van der Waals surface area contributed by atoms with Crippen LogP contribution in [-0.2, 0) is 16.6 Å². The fourth-order valence-corrected chi connectivity index (χ4v) is 4.80. The lowest BCUT2D eigenvalue weighted by Gasteiger charge is -2.23. The predicted octanol–water partition coefficient (Wildman–Crippen LogP) is 7.17. The Hall–Kier alpha value is -1.67. The Bertz CT molecular complexity index is 1260. The van der Waals surface area contributed by atoms with Crippen LogP contribution in [0.3, 0.4) is 0 Å². The number of carbonyl (C=O) groups is 1. The second-order valence-corrected chi connectivity index (χ2v) is 10.7. The molecule has 0 radical (unpaired) electrons. The first-order valence-corrected chi connectivity index (χ1v) is 12.7. The summed E-state index contributed by atoms with van der Waals surface area (Å²) < 4.78 is 26.0. The van der Waals surface area contributed by atoms with E-state index in [1.807, 2.05) is 0 Å². The van der Waals surface area contributed by atoms with Crippen LogP contribution in [0, 0.1) is 0 Å². The van der Waals surface area contributed by atoms with Crippen molar-refractivity contribution >= 4 is 85.3 Å². The monoisotopic (exact) mass is 550 g/mol. The summed E-state index contributed by atoms with van der Waals surface area (Å²) in [7, 11) is -3.67. The van der Waals surface area contributed by atoms with Gasteiger partial charge in [-0.15, -0.1) is 0 Å². The number of nitrogens with one attached hydrogen (secondary N) is 1. The van der Waals surface area contributed by atoms with Crippen molar-refractivity contribution in [1.82, 2.24) is 0 Å². The molecule has 0 saturated carbocycles. The lowest BCUT2D eigenvalue weighted by Crippen LogP contribution is -2.29. The number of halogens is 5. The highest BCUT2D eigenvalue weighted by Gasteiger charge is 2.21. The number of anilines is 2. The molecule has 5 nitrogen and oxygen atoms in total. The lowest BCUT2D eigenvalue weighted by atomic mass is 10.1. The number of rotatable bonds is 6. The summed E-state index contributed by atoms with van der Waals surface area (Å²) in [6, 6.07) is 13.8. The fourth-order valence-electron chi connectivity index (χ4n) is 2.82. The molecule has 0 fully saturated rings. The minimum absolute atomic E-state index is 0.0677. The van der Waals surface area contributed by atoms with Crippen molar-refractivity contribution in [2.24, 2.45) is 0 Å². The number of hydrogen-bond acceptors (Lipinski definition) is 3. The first kappa shape index (κ1) is 25.0. The minimum atomic E-state index is -3.67. The third-order valence-corrected chi connectivity index (χ3v) is 7.32. The summed E-state index contributed by atoms with van der Waals surface area (Å²) in [4.78, 5) is 12.6. The van der Waals surface area contributed by atoms with E-state index in [-0.39, 0.29) is 27.2 Å². The van der Waals surface area contributed by atoms with Gasteiger partial charge in [-0.2, -0.15) is 0 Å². The van der Waals surface area contributed by atoms with Crippen molar-refractivity contribution in [2.75, 3.05) is 15.9 Å². The molecule has 1 amide bonds. The number of benzene rings is 3. The molecule has 0 aliphatic rings. The molecule has 0 unspecified atom stereocenters. The van der Waals surface area contributed by atoms with E-state index in [9.17, 15) is 13.2 Å². The van der Waals surface area contributed by atoms with E-state index in [1.54, 1.807) is 18.2 Å². The van der Waals surface area contributed by atoms with Crippen LogP contribution in [0.2, 0.25) is 25.1 Å². The van der Waals surface area contributed by atoms with E-state index in [0.29, 0.717) is 27.0 Å². The van der Waals surface area contributed by atoms with Gasteiger partial charge in [0.15, 0.2) is 0 Å². The second kappa shape index (κ2) is 10.1. The molecule has 11 heteroatoms. The third-order valence-electron chi connectivity index (χ3n) is 4.44. The van der Waals surface area contributed by atoms with Crippen molar-refractivity contribution in [3.8, 4) is 0 Å². The zero-order chi connectivity index (χ0) is 23.6. The van der Waals surface area contributed by atoms with Gasteiger partial charge in [0.2, 0.25) is 10.0 Å². The normalized spacial score (nSPS) is 11.3. The van der Waals surface area contributed by atoms with Crippen molar-refractivity contribution in [3.63, 3.8) is 0 Å². The molecule has 0 bridgehead atoms. The van der Waals surface area contributed by atoms with Gasteiger partial charge in [-0.25, -0.2) is 8.42 Å². The molecule has 0 spiro atoms. The van der Waals surface area contributed by atoms with Crippen LogP contribution in [0.1, 0.15) is 15.9 Å². The molecule has 3 aromatic rings. The number of amides is 1. The van der Waals surface area contributed by atoms with Gasteiger partial charge in [0.25, 0.3) is 5.91 Å². The molecule has 0 atom stereocenters. The van der Waals surface area contributed by atoms with Crippen LogP contribution in [0.4, 0.5) is 11.4 Å². The quantitative estimate of drug-likeness (QED) is 0.330. The van der Waals surface area contributed by atoms with Gasteiger partial charge in [-0.3, -0.25) is 9.10 Å². The van der Waals surface area contributed by atoms with Gasteiger partial charge in [0.05, 0.1) is 39.2 Å². The zero-order valence-corrected chi connectivity index (χ0v) is 21.0. The number of hydrogen-bond donors (Lipinski definition) is 1. The maximum Gasteiger partial charge on any atom is 0.255 e. The van der Waals surface area contributed by atoms with Crippen LogP contribution < -0.4 is 9.62 Å². The molecule has 0 aliphatic carbocycles. The molecule has 168 valence electrons. The molecule has 0 aromatic heterocycles. The summed E-state index contributed by atoms with van der Waals surface area (Å²) in [5, 5.41) is 4.07. The third kappa shape index (κ3) is 5.81. The molecule has 0 heterocycles. The van der Waals surface area contributed by atoms with Gasteiger partial charge >= 0.3 is 0 Å². The Labute approximate surface area is 210 Å². The number of sulfonamides is 1. The van der Waals surface area contributed by atoms with Crippen LogP contribution >= 0.6 is 58.0 Å². The molecule has 32 heavy (non-hydrogen) atoms. The van der Waals surface area contributed by atoms with E-state index in [1.165, 1.54) is 36.4 Å². The maximum absolute atomic E-state index is 12.6. The summed E-state index contributed by atoms with van der Waals surface area (Å²) in [6.45, 7) is -0.0677. The summed E-state index contributed by atoms with van der Waals surface area (Å²) in [6.07, 6.45) is 1.07. The zero-order valence-electron chi connectivity index (χ0n) is 16.4. The molecule has 0 aliphatic heterocycles. The number of carbonyl (C=O) groups excluding carboxylic acids is 1. The molecule has 1 N–H and O–H groups in total. The molecule has 3 rings (SSSR count). The minimum Gasteiger partial charge on any atom is -0.321 e. The smallest absolute Gasteiger partial charge is 0.255 e. The average Bonchev–Trinajstić information content (AvgIpc) is 2.71. The van der Waals surface area contributed by atoms with Crippen LogP contribution in [0.15, 0.2) is 54.6 Å². The van der Waals surface area contributed by atoms with E-state index in [0.717, 1.165) is 10.6 Å². The van der Waals surface area contributed by atoms with E-state index in [4.69, 9.17) is 58.0 Å². The largest absolute Gasteiger partial charge is 0.321 e. The highest BCUT2D eigenvalue weighted by Crippen LogP contribution is 2.33. The van der Waals surface area contributed by atoms with E-state index < -0.39 is 15.9 Å². The Balaban J connectivity index is 1.86. The SMILES string of the molecule is CS(=O)(=O)N(Cc1c(Cl)cccc1Cl)c1ccc(C(=O)Nc2cc(Cl)c(Cl)cc2Cl)cc1. The highest BCUT2D eigenvalue weighted by atomic mass is 35.5. The van der Waals surface area contributed by atoms with Crippen molar-refractivity contribution in [3.05, 3.63) is 90.8 Å². The highest BCUT2D eigenvalue weighted by molar-refractivity contribution is 7.92. The van der Waals surface area contributed by atoms with Crippen LogP contribution in [0.5, 0.6) is 0 Å². The molecule has 0 saturated heterocycles. The van der Waals surface area contributed by atoms with Gasteiger partial charge < -0.3 is 5.32 Å². The van der Waals surface area contributed by atoms with E-state index in [2.05, 4.69) is 5.32 Å². The summed E-state index contributed by atoms with van der Waals surface area (Å²) in [5.74, 6) is -0.461. The Morgan fingerprint density at radius 1 is 0.844 bits per heavy atom. The first-order chi connectivity index (χ1) is 15.0. The Morgan fingerprint density at radius 2 is 1.41 bits per heavy atom. The molecular weight excluding hydrogens is 538 g/mol. The first-order valence-electron chi connectivity index (χ1n) is 8.94. The fraction of sp³-hybridized carbons (Fsp3) is 0.0952. The van der Waals surface area contributed by atoms with Crippen molar-refractivity contribution in [1.29, 1.82) is 0 Å². The van der Waals surface area contributed by atoms with Crippen LogP contribution in [0.25, 0.3) is 0 Å². The Morgan fingerprint density at radius 3 is 1.97 bits per heavy atom. The molecular formula is C21H15Cl5N2O3S. The van der Waals surface area contributed by atoms with Gasteiger partial charge in [0, 0.05) is 21.2 Å². The average molecular weight is 553 g/mol. The van der Waals surface area contributed by atoms with Crippen molar-refractivity contribution in [2.45, 2.75) is 6.54 Å². The number of nitrogens with zero attached hydrogens (tertiary/aromatic N) is 1. The lowest BCUT2D eigenvalue weighted by molar-refractivity contribution is 0.102. The topological polar surface area (TPSA) is 66.5 Å². The summed E-state index contributed by atoms with van der Waals surface area (Å²) >= 11 is 30.4. The maximum atomic E-state index is 12.6. The van der Waals surface area contributed by atoms with Gasteiger partial charge in [-0.05, 0) is 48.5 Å². The second-order valence-electron chi connectivity index (χ2n) is 6.72. The van der Waals surface area contributed by atoms with Crippen LogP contribution in [-0.4, -0.2) is 20.6 Å².